The Morgan fingerprint density at radius 1 is 1.05 bits per heavy atom. The summed E-state index contributed by atoms with van der Waals surface area (Å²) in [6.45, 7) is 11.4. The first kappa shape index (κ1) is 23.5. The quantitative estimate of drug-likeness (QED) is 0.553. The molecule has 0 aliphatic carbocycles. The lowest BCUT2D eigenvalue weighted by Gasteiger charge is -2.51. The van der Waals surface area contributed by atoms with Gasteiger partial charge in [-0.05, 0) is 50.1 Å². The maximum Gasteiger partial charge on any atom is 0.248 e. The predicted molar refractivity (Wildman–Crippen MR) is 150 cm³/mol. The molecule has 6 heterocycles. The number of aryl methyl sites for hydroxylation is 1. The van der Waals surface area contributed by atoms with Crippen molar-refractivity contribution in [2.24, 2.45) is 0 Å². The molecule has 4 fully saturated rings. The molecule has 0 saturated carbocycles. The van der Waals surface area contributed by atoms with E-state index in [0.29, 0.717) is 35.2 Å². The number of nitrogens with zero attached hydrogens (tertiary/aromatic N) is 6. The minimum atomic E-state index is -0.185. The van der Waals surface area contributed by atoms with Crippen LogP contribution in [0.2, 0.25) is 0 Å². The second-order valence-electron chi connectivity index (χ2n) is 11.4. The summed E-state index contributed by atoms with van der Waals surface area (Å²) in [5.41, 5.74) is 4.51. The van der Waals surface area contributed by atoms with Crippen molar-refractivity contribution in [3.8, 4) is 6.07 Å². The minimum absolute atomic E-state index is 0.185. The fraction of sp³-hybridized carbons (Fsp3) is 0.483. The minimum Gasteiger partial charge on any atom is -0.368 e. The van der Waals surface area contributed by atoms with Gasteiger partial charge in [-0.15, -0.1) is 0 Å². The molecule has 0 spiro atoms. The first-order valence-electron chi connectivity index (χ1n) is 13.8. The van der Waals surface area contributed by atoms with Crippen molar-refractivity contribution < 1.29 is 0 Å². The highest BCUT2D eigenvalue weighted by Crippen LogP contribution is 2.34. The van der Waals surface area contributed by atoms with Crippen molar-refractivity contribution in [2.75, 3.05) is 60.5 Å². The molecule has 4 saturated heterocycles. The number of aromatic amines is 1. The van der Waals surface area contributed by atoms with Crippen molar-refractivity contribution >= 4 is 28.1 Å². The standard InChI is InChI=1S/C29H34N8O/c1-18-9-22(37-15-21-10-23(37)12-31-21)13-32-29(18)34-7-8-36-19(2)14-35(17-24(36)16-34)26-5-3-20(11-30)28-25(26)4-6-27(38)33-28/h3-6,9,13,19,21,23-24,31H,7-8,10,12,14-17H2,1-2H3,(H,33,38)/t19-,21?,23?,24?/m0/s1. The fourth-order valence-electron chi connectivity index (χ4n) is 7.28. The van der Waals surface area contributed by atoms with Crippen molar-refractivity contribution in [3.63, 3.8) is 0 Å². The Kier molecular flexibility index (Phi) is 5.57. The summed E-state index contributed by atoms with van der Waals surface area (Å²) in [7, 11) is 0. The number of aromatic nitrogens is 2. The van der Waals surface area contributed by atoms with Gasteiger partial charge in [-0.2, -0.15) is 5.26 Å². The Labute approximate surface area is 222 Å². The molecule has 7 rings (SSSR count). The Morgan fingerprint density at radius 2 is 1.92 bits per heavy atom. The first-order valence-corrected chi connectivity index (χ1v) is 13.8. The van der Waals surface area contributed by atoms with Crippen LogP contribution in [-0.4, -0.2) is 84.8 Å². The Morgan fingerprint density at radius 3 is 2.68 bits per heavy atom. The smallest absolute Gasteiger partial charge is 0.248 e. The number of H-pyrrole nitrogens is 1. The Hall–Kier alpha value is -3.61. The van der Waals surface area contributed by atoms with Gasteiger partial charge in [-0.25, -0.2) is 4.98 Å². The number of anilines is 3. The monoisotopic (exact) mass is 510 g/mol. The van der Waals surface area contributed by atoms with Crippen LogP contribution >= 0.6 is 0 Å². The van der Waals surface area contributed by atoms with Gasteiger partial charge in [0.05, 0.1) is 23.0 Å². The van der Waals surface area contributed by atoms with Crippen LogP contribution in [0.5, 0.6) is 0 Å². The van der Waals surface area contributed by atoms with E-state index in [1.165, 1.54) is 17.7 Å². The van der Waals surface area contributed by atoms with E-state index in [2.05, 4.69) is 62.1 Å². The summed E-state index contributed by atoms with van der Waals surface area (Å²) in [5, 5.41) is 14.1. The zero-order chi connectivity index (χ0) is 26.0. The third-order valence-electron chi connectivity index (χ3n) is 9.07. The highest BCUT2D eigenvalue weighted by atomic mass is 16.1. The maximum atomic E-state index is 12.0. The molecule has 196 valence electrons. The summed E-state index contributed by atoms with van der Waals surface area (Å²) in [6, 6.07) is 13.8. The number of hydrogen-bond donors (Lipinski definition) is 2. The van der Waals surface area contributed by atoms with Crippen LogP contribution in [0, 0.1) is 18.3 Å². The van der Waals surface area contributed by atoms with Crippen molar-refractivity contribution in [1.29, 1.82) is 5.26 Å². The second kappa shape index (κ2) is 9.00. The molecule has 9 heteroatoms. The molecule has 0 amide bonds. The zero-order valence-electron chi connectivity index (χ0n) is 22.0. The Balaban J connectivity index is 1.13. The molecular formula is C29H34N8O. The molecule has 1 aromatic carbocycles. The summed E-state index contributed by atoms with van der Waals surface area (Å²) in [6.07, 6.45) is 3.32. The maximum absolute atomic E-state index is 12.0. The number of fused-ring (bicyclic) bond motifs is 4. The number of hydrogen-bond acceptors (Lipinski definition) is 8. The van der Waals surface area contributed by atoms with E-state index in [0.717, 1.165) is 62.7 Å². The highest BCUT2D eigenvalue weighted by molar-refractivity contribution is 5.95. The SMILES string of the molecule is Cc1cc(N2CC3CC2CN3)cnc1N1CCN2C(C1)CN(c1ccc(C#N)c3[nH]c(=O)ccc13)C[C@@H]2C. The predicted octanol–water partition coefficient (Wildman–Crippen LogP) is 2.05. The van der Waals surface area contributed by atoms with Crippen molar-refractivity contribution in [3.05, 3.63) is 58.0 Å². The number of nitriles is 1. The van der Waals surface area contributed by atoms with E-state index in [9.17, 15) is 10.1 Å². The van der Waals surface area contributed by atoms with Gasteiger partial charge >= 0.3 is 0 Å². The fourth-order valence-corrected chi connectivity index (χ4v) is 7.28. The van der Waals surface area contributed by atoms with Gasteiger partial charge in [-0.1, -0.05) is 0 Å². The molecule has 2 N–H and O–H groups in total. The lowest BCUT2D eigenvalue weighted by Crippen LogP contribution is -2.65. The molecule has 2 bridgehead atoms. The van der Waals surface area contributed by atoms with Gasteiger partial charge in [0.15, 0.2) is 0 Å². The summed E-state index contributed by atoms with van der Waals surface area (Å²) < 4.78 is 0. The number of pyridine rings is 2. The number of rotatable bonds is 3. The largest absolute Gasteiger partial charge is 0.368 e. The van der Waals surface area contributed by atoms with Crippen LogP contribution < -0.4 is 25.6 Å². The molecule has 9 nitrogen and oxygen atoms in total. The van der Waals surface area contributed by atoms with Gasteiger partial charge in [0, 0.05) is 87.1 Å². The average molecular weight is 511 g/mol. The molecule has 4 aliphatic heterocycles. The summed E-state index contributed by atoms with van der Waals surface area (Å²) >= 11 is 0. The van der Waals surface area contributed by atoms with Gasteiger partial charge < -0.3 is 25.0 Å². The Bertz CT molecular complexity index is 1490. The molecule has 4 aliphatic rings. The lowest BCUT2D eigenvalue weighted by atomic mass is 10.0. The van der Waals surface area contributed by atoms with Gasteiger partial charge in [-0.3, -0.25) is 9.69 Å². The van der Waals surface area contributed by atoms with Crippen molar-refractivity contribution in [2.45, 2.75) is 44.4 Å². The van der Waals surface area contributed by atoms with Crippen LogP contribution in [-0.2, 0) is 0 Å². The third-order valence-corrected chi connectivity index (χ3v) is 9.07. The van der Waals surface area contributed by atoms with Crippen LogP contribution in [0.25, 0.3) is 10.9 Å². The molecule has 3 aromatic rings. The van der Waals surface area contributed by atoms with E-state index < -0.39 is 0 Å². The van der Waals surface area contributed by atoms with E-state index in [1.54, 1.807) is 6.07 Å². The van der Waals surface area contributed by atoms with Crippen LogP contribution in [0.3, 0.4) is 0 Å². The normalized spacial score (nSPS) is 27.1. The van der Waals surface area contributed by atoms with E-state index in [4.69, 9.17) is 4.98 Å². The van der Waals surface area contributed by atoms with Gasteiger partial charge in [0.25, 0.3) is 0 Å². The summed E-state index contributed by atoms with van der Waals surface area (Å²) in [4.78, 5) is 29.9. The number of benzene rings is 1. The van der Waals surface area contributed by atoms with Crippen molar-refractivity contribution in [1.82, 2.24) is 20.2 Å². The van der Waals surface area contributed by atoms with Gasteiger partial charge in [0.1, 0.15) is 11.9 Å². The van der Waals surface area contributed by atoms with E-state index in [1.807, 2.05) is 18.2 Å². The van der Waals surface area contributed by atoms with E-state index >= 15 is 0 Å². The molecule has 2 aromatic heterocycles. The number of piperazine rings is 3. The zero-order valence-corrected chi connectivity index (χ0v) is 22.0. The highest BCUT2D eigenvalue weighted by Gasteiger charge is 2.39. The molecule has 3 unspecified atom stereocenters. The van der Waals surface area contributed by atoms with Crippen LogP contribution in [0.1, 0.15) is 24.5 Å². The molecule has 38 heavy (non-hydrogen) atoms. The summed E-state index contributed by atoms with van der Waals surface area (Å²) in [5.74, 6) is 1.10. The molecular weight excluding hydrogens is 476 g/mol. The number of nitrogens with one attached hydrogen (secondary N) is 2. The first-order chi connectivity index (χ1) is 18.5. The molecule has 0 radical (unpaired) electrons. The third kappa shape index (κ3) is 3.82. The van der Waals surface area contributed by atoms with Crippen LogP contribution in [0.15, 0.2) is 41.3 Å². The second-order valence-corrected chi connectivity index (χ2v) is 11.4. The lowest BCUT2D eigenvalue weighted by molar-refractivity contribution is 0.108. The topological polar surface area (TPSA) is 94.5 Å². The van der Waals surface area contributed by atoms with Crippen LogP contribution in [0.4, 0.5) is 17.2 Å². The molecule has 4 atom stereocenters. The van der Waals surface area contributed by atoms with Gasteiger partial charge in [0.2, 0.25) is 5.56 Å². The van der Waals surface area contributed by atoms with E-state index in [-0.39, 0.29) is 5.56 Å². The average Bonchev–Trinajstić information content (AvgIpc) is 3.56.